The lowest BCUT2D eigenvalue weighted by Crippen LogP contribution is -2.12. The van der Waals surface area contributed by atoms with Crippen LogP contribution in [0, 0.1) is 0 Å². The van der Waals surface area contributed by atoms with Crippen LogP contribution in [0.5, 0.6) is 11.5 Å². The maximum absolute atomic E-state index is 12.4. The molecular weight excluding hydrogens is 338 g/mol. The van der Waals surface area contributed by atoms with Crippen molar-refractivity contribution in [2.45, 2.75) is 11.5 Å². The number of phenolic OH excluding ortho intramolecular Hbond substituents is 1. The number of ether oxygens (including phenoxy) is 1. The van der Waals surface area contributed by atoms with Crippen molar-refractivity contribution >= 4 is 15.7 Å². The lowest BCUT2D eigenvalue weighted by molar-refractivity contribution is 0.289. The van der Waals surface area contributed by atoms with Gasteiger partial charge in [-0.25, -0.2) is 8.42 Å². The molecule has 0 amide bonds. The quantitative estimate of drug-likeness (QED) is 0.660. The van der Waals surface area contributed by atoms with E-state index < -0.39 is 10.0 Å². The van der Waals surface area contributed by atoms with E-state index in [4.69, 9.17) is 4.74 Å². The molecule has 0 radical (unpaired) electrons. The van der Waals surface area contributed by atoms with Gasteiger partial charge in [0.05, 0.1) is 10.6 Å². The second-order valence-electron chi connectivity index (χ2n) is 5.38. The maximum atomic E-state index is 12.4. The van der Waals surface area contributed by atoms with Crippen molar-refractivity contribution in [1.29, 1.82) is 0 Å². The lowest BCUT2D eigenvalue weighted by Gasteiger charge is -2.12. The summed E-state index contributed by atoms with van der Waals surface area (Å²) in [7, 11) is -3.70. The fourth-order valence-corrected chi connectivity index (χ4v) is 3.31. The molecular formula is C19H17NO4S. The molecule has 3 rings (SSSR count). The van der Waals surface area contributed by atoms with E-state index in [1.54, 1.807) is 18.2 Å². The number of nitrogens with one attached hydrogen (secondary N) is 1. The topological polar surface area (TPSA) is 75.6 Å². The third-order valence-electron chi connectivity index (χ3n) is 3.50. The first-order valence-corrected chi connectivity index (χ1v) is 9.10. The Kier molecular flexibility index (Phi) is 4.90. The van der Waals surface area contributed by atoms with Gasteiger partial charge in [-0.1, -0.05) is 48.5 Å². The van der Waals surface area contributed by atoms with Gasteiger partial charge in [0.15, 0.2) is 11.5 Å². The van der Waals surface area contributed by atoms with Crippen LogP contribution in [0.4, 0.5) is 5.69 Å². The number of rotatable bonds is 6. The van der Waals surface area contributed by atoms with Gasteiger partial charge in [-0.05, 0) is 29.8 Å². The zero-order chi connectivity index (χ0) is 17.7. The molecule has 3 aromatic rings. The van der Waals surface area contributed by atoms with E-state index >= 15 is 0 Å². The standard InChI is InChI=1S/C19H17NO4S/c21-18-12-11-16(20-25(22,23)17-9-5-2-6-10-17)13-19(18)24-14-15-7-3-1-4-8-15/h1-13,20-21H,14H2. The molecule has 0 bridgehead atoms. The lowest BCUT2D eigenvalue weighted by atomic mass is 10.2. The summed E-state index contributed by atoms with van der Waals surface area (Å²) in [6.45, 7) is 0.267. The molecule has 0 aliphatic heterocycles. The van der Waals surface area contributed by atoms with Crippen LogP contribution < -0.4 is 9.46 Å². The zero-order valence-electron chi connectivity index (χ0n) is 13.3. The third kappa shape index (κ3) is 4.30. The average molecular weight is 355 g/mol. The normalized spacial score (nSPS) is 11.0. The van der Waals surface area contributed by atoms with Crippen LogP contribution in [0.1, 0.15) is 5.56 Å². The summed E-state index contributed by atoms with van der Waals surface area (Å²) >= 11 is 0. The van der Waals surface area contributed by atoms with E-state index in [1.807, 2.05) is 30.3 Å². The van der Waals surface area contributed by atoms with E-state index in [1.165, 1.54) is 30.3 Å². The SMILES string of the molecule is O=S(=O)(Nc1ccc(O)c(OCc2ccccc2)c1)c1ccccc1. The van der Waals surface area contributed by atoms with Gasteiger partial charge in [0.25, 0.3) is 10.0 Å². The second-order valence-corrected chi connectivity index (χ2v) is 7.06. The van der Waals surface area contributed by atoms with Crippen molar-refractivity contribution in [1.82, 2.24) is 0 Å². The number of aromatic hydroxyl groups is 1. The maximum Gasteiger partial charge on any atom is 0.261 e. The fourth-order valence-electron chi connectivity index (χ4n) is 2.24. The highest BCUT2D eigenvalue weighted by molar-refractivity contribution is 7.92. The van der Waals surface area contributed by atoms with Crippen molar-refractivity contribution in [3.63, 3.8) is 0 Å². The molecule has 2 N–H and O–H groups in total. The Balaban J connectivity index is 1.77. The summed E-state index contributed by atoms with van der Waals surface area (Å²) in [4.78, 5) is 0.162. The van der Waals surface area contributed by atoms with Crippen LogP contribution in [0.2, 0.25) is 0 Å². The summed E-state index contributed by atoms with van der Waals surface area (Å²) in [5.74, 6) is 0.149. The Morgan fingerprint density at radius 1 is 0.880 bits per heavy atom. The van der Waals surface area contributed by atoms with Crippen molar-refractivity contribution in [2.24, 2.45) is 0 Å². The summed E-state index contributed by atoms with van der Waals surface area (Å²) < 4.78 is 32.8. The fraction of sp³-hybridized carbons (Fsp3) is 0.0526. The van der Waals surface area contributed by atoms with Crippen LogP contribution >= 0.6 is 0 Å². The molecule has 0 aliphatic carbocycles. The number of sulfonamides is 1. The number of benzene rings is 3. The van der Waals surface area contributed by atoms with Gasteiger partial charge in [-0.15, -0.1) is 0 Å². The highest BCUT2D eigenvalue weighted by Crippen LogP contribution is 2.30. The predicted octanol–water partition coefficient (Wildman–Crippen LogP) is 3.77. The van der Waals surface area contributed by atoms with Crippen LogP contribution in [-0.4, -0.2) is 13.5 Å². The van der Waals surface area contributed by atoms with E-state index in [0.717, 1.165) is 5.56 Å². The average Bonchev–Trinajstić information content (AvgIpc) is 2.63. The van der Waals surface area contributed by atoms with Crippen LogP contribution in [-0.2, 0) is 16.6 Å². The molecule has 0 aliphatic rings. The highest BCUT2D eigenvalue weighted by Gasteiger charge is 2.14. The Morgan fingerprint density at radius 2 is 1.52 bits per heavy atom. The molecule has 6 heteroatoms. The summed E-state index contributed by atoms with van der Waals surface area (Å²) in [6.07, 6.45) is 0. The van der Waals surface area contributed by atoms with Gasteiger partial charge in [0.1, 0.15) is 6.61 Å². The first-order chi connectivity index (χ1) is 12.0. The van der Waals surface area contributed by atoms with Crippen molar-refractivity contribution in [3.8, 4) is 11.5 Å². The molecule has 5 nitrogen and oxygen atoms in total. The Labute approximate surface area is 146 Å². The number of phenols is 1. The molecule has 0 fully saturated rings. The van der Waals surface area contributed by atoms with Crippen molar-refractivity contribution in [3.05, 3.63) is 84.4 Å². The smallest absolute Gasteiger partial charge is 0.261 e. The van der Waals surface area contributed by atoms with Gasteiger partial charge in [-0.3, -0.25) is 4.72 Å². The molecule has 0 spiro atoms. The van der Waals surface area contributed by atoms with Gasteiger partial charge >= 0.3 is 0 Å². The van der Waals surface area contributed by atoms with Crippen molar-refractivity contribution < 1.29 is 18.3 Å². The number of hydrogen-bond acceptors (Lipinski definition) is 4. The molecule has 0 saturated heterocycles. The molecule has 3 aromatic carbocycles. The summed E-state index contributed by atoms with van der Waals surface area (Å²) in [5.41, 5.74) is 1.25. The zero-order valence-corrected chi connectivity index (χ0v) is 14.1. The second kappa shape index (κ2) is 7.27. The van der Waals surface area contributed by atoms with E-state index in [0.29, 0.717) is 5.69 Å². The molecule has 0 aromatic heterocycles. The van der Waals surface area contributed by atoms with Gasteiger partial charge in [0, 0.05) is 6.07 Å². The largest absolute Gasteiger partial charge is 0.504 e. The Hall–Kier alpha value is -2.99. The van der Waals surface area contributed by atoms with Crippen LogP contribution in [0.15, 0.2) is 83.8 Å². The van der Waals surface area contributed by atoms with Gasteiger partial charge in [0.2, 0.25) is 0 Å². The van der Waals surface area contributed by atoms with E-state index in [2.05, 4.69) is 4.72 Å². The Bertz CT molecular complexity index is 942. The van der Waals surface area contributed by atoms with Crippen LogP contribution in [0.3, 0.4) is 0 Å². The Morgan fingerprint density at radius 3 is 2.20 bits per heavy atom. The van der Waals surface area contributed by atoms with E-state index in [9.17, 15) is 13.5 Å². The van der Waals surface area contributed by atoms with E-state index in [-0.39, 0.29) is 23.0 Å². The minimum atomic E-state index is -3.70. The number of hydrogen-bond donors (Lipinski definition) is 2. The third-order valence-corrected chi connectivity index (χ3v) is 4.90. The monoisotopic (exact) mass is 355 g/mol. The van der Waals surface area contributed by atoms with Gasteiger partial charge < -0.3 is 9.84 Å². The van der Waals surface area contributed by atoms with Crippen molar-refractivity contribution in [2.75, 3.05) is 4.72 Å². The highest BCUT2D eigenvalue weighted by atomic mass is 32.2. The predicted molar refractivity (Wildman–Crippen MR) is 96.1 cm³/mol. The first kappa shape index (κ1) is 16.9. The molecule has 128 valence electrons. The number of anilines is 1. The van der Waals surface area contributed by atoms with Crippen LogP contribution in [0.25, 0.3) is 0 Å². The molecule has 0 saturated carbocycles. The molecule has 0 unspecified atom stereocenters. The minimum Gasteiger partial charge on any atom is -0.504 e. The molecule has 25 heavy (non-hydrogen) atoms. The molecule has 0 atom stereocenters. The first-order valence-electron chi connectivity index (χ1n) is 7.62. The summed E-state index contributed by atoms with van der Waals surface area (Å²) in [5, 5.41) is 9.93. The minimum absolute atomic E-state index is 0.0569. The van der Waals surface area contributed by atoms with Gasteiger partial charge in [-0.2, -0.15) is 0 Å². The molecule has 0 heterocycles. The summed E-state index contributed by atoms with van der Waals surface area (Å²) in [6, 6.07) is 21.9.